The van der Waals surface area contributed by atoms with Gasteiger partial charge in [0.2, 0.25) is 35.9 Å². The first-order chi connectivity index (χ1) is 24.5. The highest BCUT2D eigenvalue weighted by Crippen LogP contribution is 2.23. The van der Waals surface area contributed by atoms with Gasteiger partial charge in [-0.2, -0.15) is 0 Å². The van der Waals surface area contributed by atoms with Gasteiger partial charge in [0.05, 0.1) is 0 Å². The van der Waals surface area contributed by atoms with Gasteiger partial charge in [-0.15, -0.1) is 0 Å². The van der Waals surface area contributed by atoms with Crippen molar-refractivity contribution < 1.29 is 28.8 Å². The van der Waals surface area contributed by atoms with E-state index >= 15 is 0 Å². The number of primary amides is 1. The molecule has 0 saturated heterocycles. The Labute approximate surface area is 310 Å². The van der Waals surface area contributed by atoms with E-state index in [1.165, 1.54) is 33.7 Å². The van der Waals surface area contributed by atoms with Gasteiger partial charge in [0.15, 0.2) is 0 Å². The van der Waals surface area contributed by atoms with Crippen LogP contribution >= 0.6 is 0 Å². The van der Waals surface area contributed by atoms with Crippen LogP contribution in [0.3, 0.4) is 0 Å². The molecule has 0 radical (unpaired) electrons. The number of carbonyl (C=O) groups is 6. The second-order valence-corrected chi connectivity index (χ2v) is 14.6. The van der Waals surface area contributed by atoms with E-state index in [1.807, 2.05) is 102 Å². The van der Waals surface area contributed by atoms with Crippen molar-refractivity contribution in [2.24, 2.45) is 23.5 Å². The molecule has 12 heteroatoms. The number of nitrogens with zero attached hydrogens (tertiary/aromatic N) is 4. The monoisotopic (exact) mass is 720 g/mol. The summed E-state index contributed by atoms with van der Waals surface area (Å²) in [5, 5.41) is 2.63. The van der Waals surface area contributed by atoms with E-state index in [4.69, 9.17) is 5.73 Å². The van der Waals surface area contributed by atoms with Crippen LogP contribution < -0.4 is 11.1 Å². The predicted octanol–water partition coefficient (Wildman–Crippen LogP) is 3.13. The second-order valence-electron chi connectivity index (χ2n) is 14.6. The highest BCUT2D eigenvalue weighted by atomic mass is 16.2. The molecule has 0 aliphatic heterocycles. The van der Waals surface area contributed by atoms with Crippen LogP contribution in [-0.2, 0) is 41.6 Å². The molecule has 0 fully saturated rings. The number of likely N-dealkylation sites (N-methyl/N-ethyl adjacent to an activating group) is 4. The smallest absolute Gasteiger partial charge is 0.246 e. The molecular formula is C40H60N6O6. The van der Waals surface area contributed by atoms with Crippen LogP contribution in [0.4, 0.5) is 0 Å². The van der Waals surface area contributed by atoms with E-state index in [-0.39, 0.29) is 37.0 Å². The maximum Gasteiger partial charge on any atom is 0.246 e. The molecule has 2 rings (SSSR count). The average molecular weight is 721 g/mol. The Kier molecular flexibility index (Phi) is 17.0. The predicted molar refractivity (Wildman–Crippen MR) is 202 cm³/mol. The minimum Gasteiger partial charge on any atom is -0.368 e. The summed E-state index contributed by atoms with van der Waals surface area (Å²) in [5.41, 5.74) is 7.38. The van der Waals surface area contributed by atoms with Gasteiger partial charge in [-0.25, -0.2) is 0 Å². The molecule has 0 aliphatic carbocycles. The van der Waals surface area contributed by atoms with Crippen LogP contribution in [0, 0.1) is 17.8 Å². The lowest BCUT2D eigenvalue weighted by molar-refractivity contribution is -0.155. The highest BCUT2D eigenvalue weighted by molar-refractivity contribution is 5.96. The molecule has 0 aromatic heterocycles. The number of benzene rings is 2. The summed E-state index contributed by atoms with van der Waals surface area (Å²) in [7, 11) is 6.16. The molecule has 0 heterocycles. The summed E-state index contributed by atoms with van der Waals surface area (Å²) in [6, 6.07) is 13.8. The minimum atomic E-state index is -1.03. The fourth-order valence-electron chi connectivity index (χ4n) is 6.73. The first-order valence-electron chi connectivity index (χ1n) is 18.1. The summed E-state index contributed by atoms with van der Waals surface area (Å²) in [6.07, 6.45) is 1.76. The summed E-state index contributed by atoms with van der Waals surface area (Å²) < 4.78 is 0. The number of rotatable bonds is 20. The zero-order chi connectivity index (χ0) is 39.3. The van der Waals surface area contributed by atoms with Crippen molar-refractivity contribution in [3.05, 3.63) is 71.8 Å². The number of nitrogens with two attached hydrogens (primary N) is 1. The lowest BCUT2D eigenvalue weighted by Crippen LogP contribution is -2.61. The molecule has 3 N–H and O–H groups in total. The number of hydrogen-bond donors (Lipinski definition) is 2. The minimum absolute atomic E-state index is 0.0166. The van der Waals surface area contributed by atoms with Crippen LogP contribution in [0.15, 0.2) is 60.7 Å². The molecule has 0 bridgehead atoms. The Morgan fingerprint density at radius 2 is 1.12 bits per heavy atom. The summed E-state index contributed by atoms with van der Waals surface area (Å²) in [6.45, 7) is 11.3. The topological polar surface area (TPSA) is 153 Å². The zero-order valence-electron chi connectivity index (χ0n) is 32.6. The first kappa shape index (κ1) is 43.4. The van der Waals surface area contributed by atoms with Gasteiger partial charge in [0.1, 0.15) is 30.2 Å². The van der Waals surface area contributed by atoms with Crippen LogP contribution in [0.25, 0.3) is 0 Å². The highest BCUT2D eigenvalue weighted by Gasteiger charge is 2.42. The Morgan fingerprint density at radius 1 is 0.654 bits per heavy atom. The molecule has 2 aromatic carbocycles. The molecule has 0 saturated carbocycles. The van der Waals surface area contributed by atoms with Gasteiger partial charge in [-0.1, -0.05) is 109 Å². The SMILES string of the molecule is CC[C@H](C)[C@@H](C(N)=O)N(C)C(=O)[C@H](C(C)C)N(C)C(=O)[C@H](CC(C)C)N(C)C(=O)[C@H](Cc1ccccc1)N(C)C(=O)[C@H](Cc1ccccc1)NC=O. The quantitative estimate of drug-likeness (QED) is 0.201. The van der Waals surface area contributed by atoms with Crippen molar-refractivity contribution in [3.8, 4) is 0 Å². The first-order valence-corrected chi connectivity index (χ1v) is 18.1. The third kappa shape index (κ3) is 11.4. The fraction of sp³-hybridized carbons (Fsp3) is 0.550. The van der Waals surface area contributed by atoms with Crippen molar-refractivity contribution in [1.29, 1.82) is 0 Å². The number of amides is 6. The van der Waals surface area contributed by atoms with Crippen molar-refractivity contribution >= 4 is 35.9 Å². The van der Waals surface area contributed by atoms with E-state index in [1.54, 1.807) is 14.1 Å². The van der Waals surface area contributed by atoms with E-state index < -0.39 is 59.7 Å². The van der Waals surface area contributed by atoms with Crippen molar-refractivity contribution in [2.45, 2.75) is 97.4 Å². The van der Waals surface area contributed by atoms with Gasteiger partial charge < -0.3 is 30.7 Å². The Morgan fingerprint density at radius 3 is 1.56 bits per heavy atom. The fourth-order valence-corrected chi connectivity index (χ4v) is 6.73. The van der Waals surface area contributed by atoms with Gasteiger partial charge in [0, 0.05) is 41.0 Å². The van der Waals surface area contributed by atoms with Crippen LogP contribution in [0.2, 0.25) is 0 Å². The normalized spacial score (nSPS) is 14.7. The largest absolute Gasteiger partial charge is 0.368 e. The van der Waals surface area contributed by atoms with Gasteiger partial charge in [-0.05, 0) is 35.3 Å². The van der Waals surface area contributed by atoms with Crippen molar-refractivity contribution in [1.82, 2.24) is 24.9 Å². The molecule has 6 atom stereocenters. The van der Waals surface area contributed by atoms with Crippen LogP contribution in [0.1, 0.15) is 65.5 Å². The number of nitrogens with one attached hydrogen (secondary N) is 1. The summed E-state index contributed by atoms with van der Waals surface area (Å²) in [4.78, 5) is 86.8. The summed E-state index contributed by atoms with van der Waals surface area (Å²) >= 11 is 0. The van der Waals surface area contributed by atoms with Crippen LogP contribution in [-0.4, -0.2) is 114 Å². The average Bonchev–Trinajstić information content (AvgIpc) is 3.11. The molecule has 6 amide bonds. The Balaban J connectivity index is 2.53. The van der Waals surface area contributed by atoms with E-state index in [0.717, 1.165) is 11.1 Å². The standard InChI is InChI=1S/C40H60N6O6/c1-11-28(6)35(36(41)48)46(10)40(52)34(27(4)5)45(9)39(51)32(22-26(2)3)44(8)38(50)33(24-30-20-16-13-17-21-30)43(7)37(49)31(42-25-47)23-29-18-14-12-15-19-29/h12-21,25-28,31-35H,11,22-24H2,1-10H3,(H2,41,48)(H,42,47)/t28-,31-,32-,33-,34-,35-/m0/s1. The van der Waals surface area contributed by atoms with Crippen LogP contribution in [0.5, 0.6) is 0 Å². The lowest BCUT2D eigenvalue weighted by Gasteiger charge is -2.41. The van der Waals surface area contributed by atoms with E-state index in [0.29, 0.717) is 12.8 Å². The molecular weight excluding hydrogens is 660 g/mol. The molecule has 0 spiro atoms. The second kappa shape index (κ2) is 20.3. The molecule has 286 valence electrons. The molecule has 52 heavy (non-hydrogen) atoms. The van der Waals surface area contributed by atoms with E-state index in [9.17, 15) is 28.8 Å². The Bertz CT molecular complexity index is 1490. The van der Waals surface area contributed by atoms with E-state index in [2.05, 4.69) is 5.32 Å². The third-order valence-corrected chi connectivity index (χ3v) is 9.91. The maximum atomic E-state index is 14.6. The molecule has 2 aromatic rings. The van der Waals surface area contributed by atoms with Crippen molar-refractivity contribution in [2.75, 3.05) is 28.2 Å². The Hall–Kier alpha value is -4.74. The van der Waals surface area contributed by atoms with Gasteiger partial charge in [-0.3, -0.25) is 28.8 Å². The number of carbonyl (C=O) groups excluding carboxylic acids is 6. The molecule has 0 unspecified atom stereocenters. The molecule has 0 aliphatic rings. The maximum absolute atomic E-state index is 14.6. The van der Waals surface area contributed by atoms with Gasteiger partial charge >= 0.3 is 0 Å². The third-order valence-electron chi connectivity index (χ3n) is 9.91. The van der Waals surface area contributed by atoms with Gasteiger partial charge in [0.25, 0.3) is 0 Å². The number of hydrogen-bond acceptors (Lipinski definition) is 6. The lowest BCUT2D eigenvalue weighted by atomic mass is 9.93. The molecule has 12 nitrogen and oxygen atoms in total. The zero-order valence-corrected chi connectivity index (χ0v) is 32.6. The summed E-state index contributed by atoms with van der Waals surface area (Å²) in [5.74, 6) is -2.97. The van der Waals surface area contributed by atoms with Crippen molar-refractivity contribution in [3.63, 3.8) is 0 Å².